The number of carbonyl (C=O) groups is 1. The molecule has 1 rings (SSSR count). The summed E-state index contributed by atoms with van der Waals surface area (Å²) < 4.78 is 0.989. The van der Waals surface area contributed by atoms with Crippen LogP contribution in [0.5, 0.6) is 0 Å². The first kappa shape index (κ1) is 10.1. The summed E-state index contributed by atoms with van der Waals surface area (Å²) in [5.41, 5.74) is 6.03. The fraction of sp³-hybridized carbons (Fsp3) is 0.222. The SMILES string of the molecule is CC(NC(N)=O)c1cccc(Br)c1. The predicted octanol–water partition coefficient (Wildman–Crippen LogP) is 2.18. The molecule has 2 amide bonds. The van der Waals surface area contributed by atoms with Gasteiger partial charge >= 0.3 is 6.03 Å². The third kappa shape index (κ3) is 3.06. The summed E-state index contributed by atoms with van der Waals surface area (Å²) in [5, 5.41) is 2.60. The monoisotopic (exact) mass is 242 g/mol. The highest BCUT2D eigenvalue weighted by atomic mass is 79.9. The Balaban J connectivity index is 2.76. The van der Waals surface area contributed by atoms with E-state index in [1.54, 1.807) is 0 Å². The zero-order chi connectivity index (χ0) is 9.84. The number of hydrogen-bond donors (Lipinski definition) is 2. The standard InChI is InChI=1S/C9H11BrN2O/c1-6(12-9(11)13)7-3-2-4-8(10)5-7/h2-6H,1H3,(H3,11,12,13). The molecule has 0 aliphatic carbocycles. The van der Waals surface area contributed by atoms with Crippen LogP contribution in [0.2, 0.25) is 0 Å². The Morgan fingerprint density at radius 1 is 1.62 bits per heavy atom. The van der Waals surface area contributed by atoms with Crippen molar-refractivity contribution in [2.45, 2.75) is 13.0 Å². The van der Waals surface area contributed by atoms with Gasteiger partial charge in [0.05, 0.1) is 6.04 Å². The molecule has 4 heteroatoms. The van der Waals surface area contributed by atoms with E-state index >= 15 is 0 Å². The zero-order valence-corrected chi connectivity index (χ0v) is 8.84. The van der Waals surface area contributed by atoms with Crippen molar-refractivity contribution >= 4 is 22.0 Å². The van der Waals surface area contributed by atoms with Gasteiger partial charge in [-0.15, -0.1) is 0 Å². The summed E-state index contributed by atoms with van der Waals surface area (Å²) in [4.78, 5) is 10.6. The van der Waals surface area contributed by atoms with Gasteiger partial charge in [0.1, 0.15) is 0 Å². The van der Waals surface area contributed by atoms with Crippen LogP contribution in [-0.4, -0.2) is 6.03 Å². The molecule has 3 nitrogen and oxygen atoms in total. The lowest BCUT2D eigenvalue weighted by atomic mass is 10.1. The van der Waals surface area contributed by atoms with Crippen LogP contribution in [0.4, 0.5) is 4.79 Å². The minimum Gasteiger partial charge on any atom is -0.352 e. The summed E-state index contributed by atoms with van der Waals surface area (Å²) >= 11 is 3.35. The van der Waals surface area contributed by atoms with Crippen LogP contribution in [0.1, 0.15) is 18.5 Å². The molecule has 0 fully saturated rings. The topological polar surface area (TPSA) is 55.1 Å². The number of amides is 2. The van der Waals surface area contributed by atoms with Crippen molar-refractivity contribution in [3.63, 3.8) is 0 Å². The molecular formula is C9H11BrN2O. The molecule has 0 saturated heterocycles. The second kappa shape index (κ2) is 4.28. The lowest BCUT2D eigenvalue weighted by Crippen LogP contribution is -2.31. The van der Waals surface area contributed by atoms with Crippen molar-refractivity contribution in [2.24, 2.45) is 5.73 Å². The van der Waals surface area contributed by atoms with Crippen molar-refractivity contribution < 1.29 is 4.79 Å². The molecule has 1 unspecified atom stereocenters. The van der Waals surface area contributed by atoms with E-state index < -0.39 is 6.03 Å². The van der Waals surface area contributed by atoms with Gasteiger partial charge in [0.25, 0.3) is 0 Å². The van der Waals surface area contributed by atoms with Gasteiger partial charge in [0, 0.05) is 4.47 Å². The van der Waals surface area contributed by atoms with Gasteiger partial charge in [-0.05, 0) is 24.6 Å². The second-order valence-electron chi connectivity index (χ2n) is 2.79. The molecular weight excluding hydrogens is 232 g/mol. The number of rotatable bonds is 2. The lowest BCUT2D eigenvalue weighted by molar-refractivity contribution is 0.246. The molecule has 1 aromatic carbocycles. The van der Waals surface area contributed by atoms with Gasteiger partial charge in [-0.1, -0.05) is 28.1 Å². The van der Waals surface area contributed by atoms with Crippen molar-refractivity contribution in [3.05, 3.63) is 34.3 Å². The van der Waals surface area contributed by atoms with Crippen LogP contribution < -0.4 is 11.1 Å². The Morgan fingerprint density at radius 2 is 2.31 bits per heavy atom. The number of carbonyl (C=O) groups excluding carboxylic acids is 1. The Labute approximate surface area is 85.4 Å². The van der Waals surface area contributed by atoms with Crippen molar-refractivity contribution in [1.29, 1.82) is 0 Å². The van der Waals surface area contributed by atoms with Crippen LogP contribution in [-0.2, 0) is 0 Å². The van der Waals surface area contributed by atoms with E-state index in [0.717, 1.165) is 10.0 Å². The van der Waals surface area contributed by atoms with Gasteiger partial charge in [-0.2, -0.15) is 0 Å². The molecule has 3 N–H and O–H groups in total. The van der Waals surface area contributed by atoms with E-state index in [-0.39, 0.29) is 6.04 Å². The van der Waals surface area contributed by atoms with Gasteiger partial charge in [-0.25, -0.2) is 4.79 Å². The fourth-order valence-corrected chi connectivity index (χ4v) is 1.49. The van der Waals surface area contributed by atoms with E-state index in [1.807, 2.05) is 31.2 Å². The maximum absolute atomic E-state index is 10.6. The van der Waals surface area contributed by atoms with Crippen LogP contribution in [0, 0.1) is 0 Å². The molecule has 0 spiro atoms. The zero-order valence-electron chi connectivity index (χ0n) is 7.25. The molecule has 1 aromatic rings. The second-order valence-corrected chi connectivity index (χ2v) is 3.70. The average molecular weight is 243 g/mol. The molecule has 0 radical (unpaired) electrons. The largest absolute Gasteiger partial charge is 0.352 e. The minimum atomic E-state index is -0.507. The van der Waals surface area contributed by atoms with E-state index in [4.69, 9.17) is 5.73 Å². The molecule has 0 bridgehead atoms. The molecule has 0 saturated carbocycles. The number of benzene rings is 1. The highest BCUT2D eigenvalue weighted by Crippen LogP contribution is 2.17. The minimum absolute atomic E-state index is 0.0602. The van der Waals surface area contributed by atoms with Crippen molar-refractivity contribution in [1.82, 2.24) is 5.32 Å². The Hall–Kier alpha value is -1.03. The highest BCUT2D eigenvalue weighted by Gasteiger charge is 2.06. The smallest absolute Gasteiger partial charge is 0.312 e. The number of nitrogens with one attached hydrogen (secondary N) is 1. The molecule has 0 aliphatic rings. The first-order valence-electron chi connectivity index (χ1n) is 3.91. The highest BCUT2D eigenvalue weighted by molar-refractivity contribution is 9.10. The number of halogens is 1. The summed E-state index contributed by atoms with van der Waals surface area (Å²) in [7, 11) is 0. The van der Waals surface area contributed by atoms with E-state index in [2.05, 4.69) is 21.2 Å². The van der Waals surface area contributed by atoms with Crippen LogP contribution in [0.15, 0.2) is 28.7 Å². The van der Waals surface area contributed by atoms with Gasteiger partial charge in [-0.3, -0.25) is 0 Å². The van der Waals surface area contributed by atoms with E-state index in [0.29, 0.717) is 0 Å². The molecule has 0 heterocycles. The number of primary amides is 1. The molecule has 0 aliphatic heterocycles. The van der Waals surface area contributed by atoms with Crippen molar-refractivity contribution in [3.8, 4) is 0 Å². The maximum atomic E-state index is 10.6. The average Bonchev–Trinajstić information content (AvgIpc) is 2.03. The normalized spacial score (nSPS) is 12.2. The van der Waals surface area contributed by atoms with Gasteiger partial charge in [0.15, 0.2) is 0 Å². The lowest BCUT2D eigenvalue weighted by Gasteiger charge is -2.12. The number of hydrogen-bond acceptors (Lipinski definition) is 1. The first-order chi connectivity index (χ1) is 6.09. The van der Waals surface area contributed by atoms with Crippen LogP contribution in [0.3, 0.4) is 0 Å². The molecule has 0 aromatic heterocycles. The fourth-order valence-electron chi connectivity index (χ4n) is 1.07. The quantitative estimate of drug-likeness (QED) is 0.821. The number of nitrogens with two attached hydrogens (primary N) is 1. The van der Waals surface area contributed by atoms with Crippen molar-refractivity contribution in [2.75, 3.05) is 0 Å². The summed E-state index contributed by atoms with van der Waals surface area (Å²) in [6.07, 6.45) is 0. The molecule has 13 heavy (non-hydrogen) atoms. The Kier molecular flexibility index (Phi) is 3.31. The van der Waals surface area contributed by atoms with Crippen LogP contribution in [0.25, 0.3) is 0 Å². The number of urea groups is 1. The first-order valence-corrected chi connectivity index (χ1v) is 4.70. The summed E-state index contributed by atoms with van der Waals surface area (Å²) in [5.74, 6) is 0. The predicted molar refractivity (Wildman–Crippen MR) is 55.3 cm³/mol. The summed E-state index contributed by atoms with van der Waals surface area (Å²) in [6.45, 7) is 1.88. The molecule has 70 valence electrons. The van der Waals surface area contributed by atoms with E-state index in [1.165, 1.54) is 0 Å². The maximum Gasteiger partial charge on any atom is 0.312 e. The van der Waals surface area contributed by atoms with Gasteiger partial charge < -0.3 is 11.1 Å². The van der Waals surface area contributed by atoms with Crippen LogP contribution >= 0.6 is 15.9 Å². The molecule has 1 atom stereocenters. The summed E-state index contributed by atoms with van der Waals surface area (Å²) in [6, 6.07) is 7.16. The Morgan fingerprint density at radius 3 is 2.85 bits per heavy atom. The van der Waals surface area contributed by atoms with Gasteiger partial charge in [0.2, 0.25) is 0 Å². The third-order valence-electron chi connectivity index (χ3n) is 1.71. The Bertz CT molecular complexity index is 314. The third-order valence-corrected chi connectivity index (χ3v) is 2.20. The van der Waals surface area contributed by atoms with E-state index in [9.17, 15) is 4.79 Å².